The summed E-state index contributed by atoms with van der Waals surface area (Å²) in [4.78, 5) is 9.23. The number of hydrogen-bond donors (Lipinski definition) is 2. The number of nitrogens with zero attached hydrogens (tertiary/aromatic N) is 2. The molecule has 2 aromatic rings. The van der Waals surface area contributed by atoms with E-state index < -0.39 is 0 Å². The van der Waals surface area contributed by atoms with Gasteiger partial charge in [-0.05, 0) is 47.1 Å². The van der Waals surface area contributed by atoms with Crippen molar-refractivity contribution in [2.75, 3.05) is 13.1 Å². The van der Waals surface area contributed by atoms with Crippen molar-refractivity contribution in [1.82, 2.24) is 15.6 Å². The van der Waals surface area contributed by atoms with Crippen LogP contribution in [0.5, 0.6) is 5.75 Å². The minimum atomic E-state index is -0.225. The van der Waals surface area contributed by atoms with E-state index in [2.05, 4.69) is 54.8 Å². The Balaban J connectivity index is 0.00000392. The normalized spacial score (nSPS) is 11.7. The summed E-state index contributed by atoms with van der Waals surface area (Å²) in [5.41, 5.74) is 1.97. The average Bonchev–Trinajstić information content (AvgIpc) is 3.01. The summed E-state index contributed by atoms with van der Waals surface area (Å²) in [7, 11) is 0. The van der Waals surface area contributed by atoms with Crippen LogP contribution in [0, 0.1) is 6.92 Å². The molecule has 7 heteroatoms. The number of aliphatic imine (C=N–C) groups is 1. The van der Waals surface area contributed by atoms with E-state index in [0.29, 0.717) is 6.54 Å². The van der Waals surface area contributed by atoms with Gasteiger partial charge in [0.1, 0.15) is 11.4 Å². The van der Waals surface area contributed by atoms with Gasteiger partial charge in [0.25, 0.3) is 0 Å². The molecule has 0 aliphatic heterocycles. The van der Waals surface area contributed by atoms with Gasteiger partial charge in [-0.25, -0.2) is 9.98 Å². The van der Waals surface area contributed by atoms with E-state index in [9.17, 15) is 0 Å². The molecular formula is C21H33IN4OS. The van der Waals surface area contributed by atoms with Crippen molar-refractivity contribution in [3.63, 3.8) is 0 Å². The van der Waals surface area contributed by atoms with E-state index >= 15 is 0 Å². The van der Waals surface area contributed by atoms with Crippen LogP contribution in [-0.2, 0) is 13.0 Å². The summed E-state index contributed by atoms with van der Waals surface area (Å²) in [6.45, 7) is 12.6. The van der Waals surface area contributed by atoms with Gasteiger partial charge in [-0.3, -0.25) is 0 Å². The highest BCUT2D eigenvalue weighted by Crippen LogP contribution is 2.23. The number of para-hydroxylation sites is 1. The van der Waals surface area contributed by atoms with Crippen molar-refractivity contribution in [2.45, 2.75) is 59.6 Å². The van der Waals surface area contributed by atoms with Crippen LogP contribution in [0.4, 0.5) is 0 Å². The number of halogens is 1. The van der Waals surface area contributed by atoms with E-state index in [4.69, 9.17) is 9.73 Å². The molecule has 5 nitrogen and oxygen atoms in total. The lowest BCUT2D eigenvalue weighted by Crippen LogP contribution is -2.37. The summed E-state index contributed by atoms with van der Waals surface area (Å²) in [5.74, 6) is 1.72. The summed E-state index contributed by atoms with van der Waals surface area (Å²) in [5, 5.41) is 10.0. The Kier molecular flexibility index (Phi) is 10.8. The van der Waals surface area contributed by atoms with Crippen LogP contribution in [0.15, 0.2) is 34.6 Å². The van der Waals surface area contributed by atoms with Gasteiger partial charge in [0.05, 0.1) is 11.6 Å². The molecule has 0 saturated heterocycles. The van der Waals surface area contributed by atoms with Gasteiger partial charge in [-0.15, -0.1) is 35.3 Å². The Morgan fingerprint density at radius 3 is 2.61 bits per heavy atom. The SMILES string of the molecule is CCNC(=NCc1ccccc1OC(C)(C)C)NCCCc1nc(C)cs1.I. The van der Waals surface area contributed by atoms with Crippen molar-refractivity contribution in [3.8, 4) is 5.75 Å². The van der Waals surface area contributed by atoms with Gasteiger partial charge < -0.3 is 15.4 Å². The van der Waals surface area contributed by atoms with Gasteiger partial charge in [0.15, 0.2) is 5.96 Å². The topological polar surface area (TPSA) is 58.5 Å². The number of guanidine groups is 1. The quantitative estimate of drug-likeness (QED) is 0.226. The Morgan fingerprint density at radius 2 is 1.96 bits per heavy atom. The van der Waals surface area contributed by atoms with Gasteiger partial charge in [0, 0.05) is 36.1 Å². The average molecular weight is 516 g/mol. The maximum absolute atomic E-state index is 6.06. The van der Waals surface area contributed by atoms with Crippen LogP contribution in [0.25, 0.3) is 0 Å². The Hall–Kier alpha value is -1.35. The molecule has 0 bridgehead atoms. The lowest BCUT2D eigenvalue weighted by molar-refractivity contribution is 0.129. The highest BCUT2D eigenvalue weighted by molar-refractivity contribution is 14.0. The molecular weight excluding hydrogens is 483 g/mol. The number of hydrogen-bond acceptors (Lipinski definition) is 4. The maximum Gasteiger partial charge on any atom is 0.191 e. The van der Waals surface area contributed by atoms with Crippen molar-refractivity contribution < 1.29 is 4.74 Å². The molecule has 1 aromatic carbocycles. The zero-order chi connectivity index (χ0) is 19.7. The Labute approximate surface area is 190 Å². The van der Waals surface area contributed by atoms with Crippen LogP contribution < -0.4 is 15.4 Å². The first kappa shape index (κ1) is 24.7. The zero-order valence-electron chi connectivity index (χ0n) is 17.5. The van der Waals surface area contributed by atoms with Crippen molar-refractivity contribution in [3.05, 3.63) is 45.9 Å². The van der Waals surface area contributed by atoms with Crippen LogP contribution >= 0.6 is 35.3 Å². The van der Waals surface area contributed by atoms with Gasteiger partial charge in [-0.2, -0.15) is 0 Å². The molecule has 0 spiro atoms. The van der Waals surface area contributed by atoms with Gasteiger partial charge in [0.2, 0.25) is 0 Å². The fourth-order valence-electron chi connectivity index (χ4n) is 2.53. The minimum Gasteiger partial charge on any atom is -0.488 e. The fraction of sp³-hybridized carbons (Fsp3) is 0.524. The third-order valence-corrected chi connectivity index (χ3v) is 4.69. The molecule has 0 atom stereocenters. The smallest absolute Gasteiger partial charge is 0.191 e. The number of ether oxygens (including phenoxy) is 1. The highest BCUT2D eigenvalue weighted by atomic mass is 127. The first-order valence-electron chi connectivity index (χ1n) is 9.57. The molecule has 0 saturated carbocycles. The highest BCUT2D eigenvalue weighted by Gasteiger charge is 2.14. The molecule has 2 rings (SSSR count). The maximum atomic E-state index is 6.06. The third-order valence-electron chi connectivity index (χ3n) is 3.67. The molecule has 0 amide bonds. The van der Waals surface area contributed by atoms with Gasteiger partial charge in [-0.1, -0.05) is 18.2 Å². The molecule has 0 aliphatic carbocycles. The lowest BCUT2D eigenvalue weighted by atomic mass is 10.1. The standard InChI is InChI=1S/C21H32N4OS.HI/c1-6-22-20(23-13-9-12-19-25-16(2)15-27-19)24-14-17-10-7-8-11-18(17)26-21(3,4)5;/h7-8,10-11,15H,6,9,12-14H2,1-5H3,(H2,22,23,24);1H. The molecule has 28 heavy (non-hydrogen) atoms. The van der Waals surface area contributed by atoms with E-state index in [1.165, 1.54) is 5.01 Å². The minimum absolute atomic E-state index is 0. The fourth-order valence-corrected chi connectivity index (χ4v) is 3.35. The first-order chi connectivity index (χ1) is 12.9. The number of aryl methyl sites for hydroxylation is 2. The van der Waals surface area contributed by atoms with Crippen LogP contribution in [0.2, 0.25) is 0 Å². The summed E-state index contributed by atoms with van der Waals surface area (Å²) in [6.07, 6.45) is 2.02. The molecule has 0 aliphatic rings. The summed E-state index contributed by atoms with van der Waals surface area (Å²) in [6, 6.07) is 8.10. The molecule has 0 fully saturated rings. The number of benzene rings is 1. The second kappa shape index (κ2) is 12.3. The molecule has 2 N–H and O–H groups in total. The Bertz CT molecular complexity index is 740. The molecule has 1 aromatic heterocycles. The number of rotatable bonds is 8. The third kappa shape index (κ3) is 9.23. The molecule has 0 radical (unpaired) electrons. The van der Waals surface area contributed by atoms with Crippen molar-refractivity contribution in [2.24, 2.45) is 4.99 Å². The van der Waals surface area contributed by atoms with E-state index in [0.717, 1.165) is 48.9 Å². The molecule has 0 unspecified atom stereocenters. The predicted molar refractivity (Wildman–Crippen MR) is 130 cm³/mol. The second-order valence-electron chi connectivity index (χ2n) is 7.43. The summed E-state index contributed by atoms with van der Waals surface area (Å²) < 4.78 is 6.06. The predicted octanol–water partition coefficient (Wildman–Crippen LogP) is 4.93. The Morgan fingerprint density at radius 1 is 1.21 bits per heavy atom. The van der Waals surface area contributed by atoms with E-state index in [1.54, 1.807) is 11.3 Å². The van der Waals surface area contributed by atoms with Crippen molar-refractivity contribution >= 4 is 41.3 Å². The number of thiazole rings is 1. The number of aromatic nitrogens is 1. The van der Waals surface area contributed by atoms with Crippen LogP contribution in [-0.4, -0.2) is 29.6 Å². The first-order valence-corrected chi connectivity index (χ1v) is 10.5. The summed E-state index contributed by atoms with van der Waals surface area (Å²) >= 11 is 1.73. The van der Waals surface area contributed by atoms with Gasteiger partial charge >= 0.3 is 0 Å². The van der Waals surface area contributed by atoms with Crippen molar-refractivity contribution in [1.29, 1.82) is 0 Å². The lowest BCUT2D eigenvalue weighted by Gasteiger charge is -2.23. The monoisotopic (exact) mass is 516 g/mol. The second-order valence-corrected chi connectivity index (χ2v) is 8.37. The van der Waals surface area contributed by atoms with Crippen LogP contribution in [0.1, 0.15) is 50.4 Å². The van der Waals surface area contributed by atoms with E-state index in [-0.39, 0.29) is 29.6 Å². The zero-order valence-corrected chi connectivity index (χ0v) is 20.7. The number of nitrogens with one attached hydrogen (secondary N) is 2. The molecule has 156 valence electrons. The largest absolute Gasteiger partial charge is 0.488 e. The van der Waals surface area contributed by atoms with Crippen LogP contribution in [0.3, 0.4) is 0 Å². The van der Waals surface area contributed by atoms with E-state index in [1.807, 2.05) is 25.1 Å². The molecule has 1 heterocycles.